The van der Waals surface area contributed by atoms with Crippen molar-refractivity contribution in [3.63, 3.8) is 0 Å². The van der Waals surface area contributed by atoms with Crippen molar-refractivity contribution in [3.05, 3.63) is 69.3 Å². The Balaban J connectivity index is 2.18. The number of non-ortho nitro benzene ring substituents is 1. The van der Waals surface area contributed by atoms with Gasteiger partial charge in [0.15, 0.2) is 17.5 Å². The maximum atomic E-state index is 13.2. The van der Waals surface area contributed by atoms with Crippen LogP contribution in [0.3, 0.4) is 0 Å². The fourth-order valence-corrected chi connectivity index (χ4v) is 1.70. The van der Waals surface area contributed by atoms with Gasteiger partial charge in [-0.05, 0) is 11.6 Å². The van der Waals surface area contributed by atoms with Crippen LogP contribution in [-0.4, -0.2) is 4.92 Å². The molecule has 0 spiro atoms. The summed E-state index contributed by atoms with van der Waals surface area (Å²) < 4.78 is 52.0. The minimum atomic E-state index is -1.60. The van der Waals surface area contributed by atoms with E-state index in [0.29, 0.717) is 0 Å². The first-order valence-electron chi connectivity index (χ1n) is 5.69. The molecule has 0 saturated heterocycles. The summed E-state index contributed by atoms with van der Waals surface area (Å²) in [6.45, 7) is -0.122. The summed E-state index contributed by atoms with van der Waals surface area (Å²) in [6, 6.07) is 4.36. The lowest BCUT2D eigenvalue weighted by Crippen LogP contribution is -2.03. The average molecular weight is 300 g/mol. The van der Waals surface area contributed by atoms with Gasteiger partial charge in [-0.2, -0.15) is 0 Å². The van der Waals surface area contributed by atoms with Crippen molar-refractivity contribution in [2.75, 3.05) is 5.32 Å². The smallest absolute Gasteiger partial charge is 0.272 e. The first-order chi connectivity index (χ1) is 9.86. The second-order valence-corrected chi connectivity index (χ2v) is 4.18. The summed E-state index contributed by atoms with van der Waals surface area (Å²) in [5.41, 5.74) is -0.312. The molecule has 4 nitrogen and oxygen atoms in total. The molecule has 21 heavy (non-hydrogen) atoms. The number of nitrogens with zero attached hydrogens (tertiary/aromatic N) is 1. The van der Waals surface area contributed by atoms with E-state index in [1.165, 1.54) is 0 Å². The number of nitro benzene ring substituents is 1. The normalized spacial score (nSPS) is 10.5. The summed E-state index contributed by atoms with van der Waals surface area (Å²) in [6.07, 6.45) is 0. The van der Waals surface area contributed by atoms with E-state index in [1.807, 2.05) is 0 Å². The molecule has 0 saturated carbocycles. The predicted octanol–water partition coefficient (Wildman–Crippen LogP) is 3.76. The van der Waals surface area contributed by atoms with Gasteiger partial charge in [0.1, 0.15) is 5.82 Å². The molecule has 110 valence electrons. The Labute approximate surface area is 116 Å². The zero-order chi connectivity index (χ0) is 15.6. The van der Waals surface area contributed by atoms with Crippen molar-refractivity contribution in [3.8, 4) is 0 Å². The quantitative estimate of drug-likeness (QED) is 0.405. The van der Waals surface area contributed by atoms with Crippen LogP contribution in [0.5, 0.6) is 0 Å². The molecule has 0 radical (unpaired) electrons. The SMILES string of the molecule is O=[N+]([O-])c1cc(F)cc(CNc2cc(F)c(F)c(F)c2)c1. The standard InChI is InChI=1S/C13H8F4N2O2/c14-8-1-7(2-10(3-8)19(20)21)6-18-9-4-11(15)13(17)12(16)5-9/h1-5,18H,6H2. The second-order valence-electron chi connectivity index (χ2n) is 4.18. The van der Waals surface area contributed by atoms with Crippen molar-refractivity contribution in [2.45, 2.75) is 6.54 Å². The maximum absolute atomic E-state index is 13.2. The topological polar surface area (TPSA) is 55.2 Å². The number of halogens is 4. The first kappa shape index (κ1) is 14.8. The molecule has 8 heteroatoms. The summed E-state index contributed by atoms with van der Waals surface area (Å²) in [5.74, 6) is -5.15. The van der Waals surface area contributed by atoms with E-state index in [9.17, 15) is 27.7 Å². The third kappa shape index (κ3) is 3.47. The molecule has 0 aliphatic heterocycles. The zero-order valence-corrected chi connectivity index (χ0v) is 10.4. The number of benzene rings is 2. The highest BCUT2D eigenvalue weighted by atomic mass is 19.2. The van der Waals surface area contributed by atoms with Crippen molar-refractivity contribution in [1.82, 2.24) is 0 Å². The van der Waals surface area contributed by atoms with E-state index in [2.05, 4.69) is 5.32 Å². The number of nitro groups is 1. The first-order valence-corrected chi connectivity index (χ1v) is 5.69. The second kappa shape index (κ2) is 5.78. The highest BCUT2D eigenvalue weighted by Crippen LogP contribution is 2.20. The number of rotatable bonds is 4. The average Bonchev–Trinajstić information content (AvgIpc) is 2.41. The Hall–Kier alpha value is -2.64. The van der Waals surface area contributed by atoms with Crippen LogP contribution in [0.2, 0.25) is 0 Å². The van der Waals surface area contributed by atoms with Crippen LogP contribution in [0.1, 0.15) is 5.56 Å². The highest BCUT2D eigenvalue weighted by Gasteiger charge is 2.12. The van der Waals surface area contributed by atoms with E-state index in [4.69, 9.17) is 0 Å². The molecule has 0 heterocycles. The van der Waals surface area contributed by atoms with Crippen LogP contribution < -0.4 is 5.32 Å². The molecular weight excluding hydrogens is 292 g/mol. The predicted molar refractivity (Wildman–Crippen MR) is 66.7 cm³/mol. The van der Waals surface area contributed by atoms with E-state index in [-0.39, 0.29) is 17.8 Å². The Morgan fingerprint density at radius 2 is 1.62 bits per heavy atom. The summed E-state index contributed by atoms with van der Waals surface area (Å²) >= 11 is 0. The summed E-state index contributed by atoms with van der Waals surface area (Å²) in [7, 11) is 0. The molecule has 0 fully saturated rings. The van der Waals surface area contributed by atoms with E-state index >= 15 is 0 Å². The molecule has 1 N–H and O–H groups in total. The van der Waals surface area contributed by atoms with E-state index in [1.54, 1.807) is 0 Å². The monoisotopic (exact) mass is 300 g/mol. The van der Waals surface area contributed by atoms with Crippen molar-refractivity contribution in [1.29, 1.82) is 0 Å². The van der Waals surface area contributed by atoms with Crippen LogP contribution in [0, 0.1) is 33.4 Å². The fourth-order valence-electron chi connectivity index (χ4n) is 1.70. The Morgan fingerprint density at radius 1 is 1.00 bits per heavy atom. The lowest BCUT2D eigenvalue weighted by atomic mass is 10.2. The molecule has 0 bridgehead atoms. The number of hydrogen-bond donors (Lipinski definition) is 1. The van der Waals surface area contributed by atoms with Crippen LogP contribution >= 0.6 is 0 Å². The van der Waals surface area contributed by atoms with Gasteiger partial charge in [-0.3, -0.25) is 10.1 Å². The maximum Gasteiger partial charge on any atom is 0.272 e. The molecule has 0 unspecified atom stereocenters. The number of anilines is 1. The molecule has 0 atom stereocenters. The highest BCUT2D eigenvalue weighted by molar-refractivity contribution is 5.45. The van der Waals surface area contributed by atoms with Gasteiger partial charge in [-0.1, -0.05) is 0 Å². The van der Waals surface area contributed by atoms with E-state index < -0.39 is 33.9 Å². The Bertz CT molecular complexity index is 684. The lowest BCUT2D eigenvalue weighted by Gasteiger charge is -2.08. The van der Waals surface area contributed by atoms with Gasteiger partial charge in [-0.15, -0.1) is 0 Å². The summed E-state index contributed by atoms with van der Waals surface area (Å²) in [5, 5.41) is 13.1. The number of hydrogen-bond acceptors (Lipinski definition) is 3. The minimum Gasteiger partial charge on any atom is -0.381 e. The third-order valence-electron chi connectivity index (χ3n) is 2.63. The van der Waals surface area contributed by atoms with Crippen molar-refractivity contribution in [2.24, 2.45) is 0 Å². The van der Waals surface area contributed by atoms with Gasteiger partial charge in [0.05, 0.1) is 11.0 Å². The van der Waals surface area contributed by atoms with Crippen molar-refractivity contribution < 1.29 is 22.5 Å². The fraction of sp³-hybridized carbons (Fsp3) is 0.0769. The van der Waals surface area contributed by atoms with Gasteiger partial charge in [0.25, 0.3) is 5.69 Å². The van der Waals surface area contributed by atoms with Crippen LogP contribution in [0.4, 0.5) is 28.9 Å². The molecule has 2 aromatic rings. The van der Waals surface area contributed by atoms with Gasteiger partial charge in [-0.25, -0.2) is 17.6 Å². The van der Waals surface area contributed by atoms with Gasteiger partial charge >= 0.3 is 0 Å². The molecule has 2 aromatic carbocycles. The molecular formula is C13H8F4N2O2. The summed E-state index contributed by atoms with van der Waals surface area (Å²) in [4.78, 5) is 9.82. The molecule has 0 amide bonds. The third-order valence-corrected chi connectivity index (χ3v) is 2.63. The molecule has 0 aromatic heterocycles. The van der Waals surface area contributed by atoms with Gasteiger partial charge in [0, 0.05) is 30.4 Å². The largest absolute Gasteiger partial charge is 0.381 e. The van der Waals surface area contributed by atoms with Crippen LogP contribution in [-0.2, 0) is 6.54 Å². The molecule has 0 aliphatic carbocycles. The van der Waals surface area contributed by atoms with Gasteiger partial charge in [0.2, 0.25) is 0 Å². The van der Waals surface area contributed by atoms with Crippen LogP contribution in [0.15, 0.2) is 30.3 Å². The lowest BCUT2D eigenvalue weighted by molar-refractivity contribution is -0.385. The Kier molecular flexibility index (Phi) is 4.06. The van der Waals surface area contributed by atoms with Crippen molar-refractivity contribution >= 4 is 11.4 Å². The van der Waals surface area contributed by atoms with Crippen LogP contribution in [0.25, 0.3) is 0 Å². The minimum absolute atomic E-state index is 0.0710. The number of nitrogens with one attached hydrogen (secondary N) is 1. The Morgan fingerprint density at radius 3 is 2.19 bits per heavy atom. The van der Waals surface area contributed by atoms with Gasteiger partial charge < -0.3 is 5.32 Å². The molecule has 2 rings (SSSR count). The molecule has 0 aliphatic rings. The zero-order valence-electron chi connectivity index (χ0n) is 10.4. The van der Waals surface area contributed by atoms with E-state index in [0.717, 1.165) is 30.3 Å².